The largest absolute Gasteiger partial charge is 0.386 e. The molecule has 0 radical (unpaired) electrons. The maximum Gasteiger partial charge on any atom is 0.227 e. The van der Waals surface area contributed by atoms with Crippen molar-refractivity contribution in [3.05, 3.63) is 35.6 Å². The molecular formula is C14H19FN2O2. The van der Waals surface area contributed by atoms with Crippen molar-refractivity contribution in [3.63, 3.8) is 0 Å². The summed E-state index contributed by atoms with van der Waals surface area (Å²) in [4.78, 5) is 12.0. The van der Waals surface area contributed by atoms with E-state index in [1.54, 1.807) is 12.1 Å². The van der Waals surface area contributed by atoms with E-state index in [1.165, 1.54) is 12.1 Å². The Morgan fingerprint density at radius 1 is 1.58 bits per heavy atom. The Morgan fingerprint density at radius 2 is 2.32 bits per heavy atom. The van der Waals surface area contributed by atoms with Crippen molar-refractivity contribution in [2.75, 3.05) is 19.6 Å². The zero-order chi connectivity index (χ0) is 13.9. The number of benzene rings is 1. The van der Waals surface area contributed by atoms with Gasteiger partial charge in [0.15, 0.2) is 0 Å². The number of aliphatic hydroxyl groups excluding tert-OH is 1. The van der Waals surface area contributed by atoms with E-state index in [1.807, 2.05) is 6.92 Å². The van der Waals surface area contributed by atoms with Gasteiger partial charge in [0.25, 0.3) is 0 Å². The van der Waals surface area contributed by atoms with E-state index in [0.717, 1.165) is 13.0 Å². The van der Waals surface area contributed by atoms with Crippen LogP contribution in [-0.2, 0) is 4.79 Å². The van der Waals surface area contributed by atoms with Crippen molar-refractivity contribution in [1.29, 1.82) is 0 Å². The molecular weight excluding hydrogens is 247 g/mol. The first-order valence-corrected chi connectivity index (χ1v) is 6.44. The highest BCUT2D eigenvalue weighted by Crippen LogP contribution is 2.24. The molecule has 2 atom stereocenters. The number of nitrogens with one attached hydrogen (secondary N) is 2. The number of hydrogen-bond donors (Lipinski definition) is 3. The summed E-state index contributed by atoms with van der Waals surface area (Å²) in [6, 6.07) is 6.04. The lowest BCUT2D eigenvalue weighted by Gasteiger charge is -2.22. The van der Waals surface area contributed by atoms with E-state index >= 15 is 0 Å². The fraction of sp³-hybridized carbons (Fsp3) is 0.500. The van der Waals surface area contributed by atoms with Gasteiger partial charge in [0.1, 0.15) is 5.82 Å². The normalized spacial score (nSPS) is 24.2. The summed E-state index contributed by atoms with van der Waals surface area (Å²) < 4.78 is 13.5. The Hall–Kier alpha value is -1.46. The second-order valence-electron chi connectivity index (χ2n) is 5.23. The van der Waals surface area contributed by atoms with E-state index in [-0.39, 0.29) is 18.0 Å². The van der Waals surface area contributed by atoms with Gasteiger partial charge in [-0.15, -0.1) is 0 Å². The van der Waals surface area contributed by atoms with Gasteiger partial charge in [0.05, 0.1) is 11.5 Å². The molecule has 1 aromatic rings. The van der Waals surface area contributed by atoms with Gasteiger partial charge in [-0.1, -0.05) is 18.2 Å². The summed E-state index contributed by atoms with van der Waals surface area (Å²) >= 11 is 0. The van der Waals surface area contributed by atoms with Crippen LogP contribution in [0.1, 0.15) is 25.0 Å². The minimum atomic E-state index is -1.02. The molecule has 19 heavy (non-hydrogen) atoms. The predicted octanol–water partition coefficient (Wildman–Crippen LogP) is 0.975. The summed E-state index contributed by atoms with van der Waals surface area (Å²) in [5.74, 6) is -0.564. The first-order valence-electron chi connectivity index (χ1n) is 6.44. The van der Waals surface area contributed by atoms with Crippen LogP contribution in [0, 0.1) is 11.2 Å². The highest BCUT2D eigenvalue weighted by Gasteiger charge is 2.36. The Kier molecular flexibility index (Phi) is 4.17. The van der Waals surface area contributed by atoms with Crippen molar-refractivity contribution in [1.82, 2.24) is 10.6 Å². The smallest absolute Gasteiger partial charge is 0.227 e. The van der Waals surface area contributed by atoms with Gasteiger partial charge in [0, 0.05) is 18.7 Å². The summed E-state index contributed by atoms with van der Waals surface area (Å²) in [5.41, 5.74) is -0.230. The van der Waals surface area contributed by atoms with Crippen LogP contribution in [0.3, 0.4) is 0 Å². The second-order valence-corrected chi connectivity index (χ2v) is 5.23. The lowest BCUT2D eigenvalue weighted by Crippen LogP contribution is -2.42. The summed E-state index contributed by atoms with van der Waals surface area (Å²) in [7, 11) is 0. The number of hydrogen-bond acceptors (Lipinski definition) is 3. The Labute approximate surface area is 112 Å². The number of halogens is 1. The van der Waals surface area contributed by atoms with Crippen LogP contribution < -0.4 is 10.6 Å². The van der Waals surface area contributed by atoms with E-state index in [2.05, 4.69) is 10.6 Å². The molecule has 1 saturated heterocycles. The third-order valence-corrected chi connectivity index (χ3v) is 3.64. The van der Waals surface area contributed by atoms with Crippen molar-refractivity contribution in [2.45, 2.75) is 19.4 Å². The van der Waals surface area contributed by atoms with Crippen LogP contribution in [0.25, 0.3) is 0 Å². The second kappa shape index (κ2) is 5.67. The third kappa shape index (κ3) is 3.11. The molecule has 1 fully saturated rings. The Bertz CT molecular complexity index is 459. The topological polar surface area (TPSA) is 61.4 Å². The molecule has 0 spiro atoms. The van der Waals surface area contributed by atoms with Crippen molar-refractivity contribution in [3.8, 4) is 0 Å². The van der Waals surface area contributed by atoms with E-state index in [9.17, 15) is 14.3 Å². The molecule has 1 amide bonds. The summed E-state index contributed by atoms with van der Waals surface area (Å²) in [6.45, 7) is 3.36. The number of carbonyl (C=O) groups excluding carboxylic acids is 1. The molecule has 0 aliphatic carbocycles. The molecule has 4 nitrogen and oxygen atoms in total. The minimum absolute atomic E-state index is 0.0232. The molecule has 0 aromatic heterocycles. The average molecular weight is 266 g/mol. The van der Waals surface area contributed by atoms with Gasteiger partial charge in [-0.25, -0.2) is 4.39 Å². The van der Waals surface area contributed by atoms with Crippen LogP contribution in [0.15, 0.2) is 24.3 Å². The first-order chi connectivity index (χ1) is 9.03. The first kappa shape index (κ1) is 14.0. The van der Waals surface area contributed by atoms with Crippen LogP contribution in [0.4, 0.5) is 4.39 Å². The summed E-state index contributed by atoms with van der Waals surface area (Å²) in [6.07, 6.45) is -0.252. The van der Waals surface area contributed by atoms with Gasteiger partial charge in [-0.05, 0) is 26.0 Å². The number of carbonyl (C=O) groups is 1. The third-order valence-electron chi connectivity index (χ3n) is 3.64. The quantitative estimate of drug-likeness (QED) is 0.761. The molecule has 1 aliphatic heterocycles. The van der Waals surface area contributed by atoms with Crippen molar-refractivity contribution >= 4 is 5.91 Å². The average Bonchev–Trinajstić information content (AvgIpc) is 2.84. The molecule has 104 valence electrons. The highest BCUT2D eigenvalue weighted by molar-refractivity contribution is 5.82. The van der Waals surface area contributed by atoms with Crippen LogP contribution in [-0.4, -0.2) is 30.6 Å². The molecule has 1 heterocycles. The zero-order valence-electron chi connectivity index (χ0n) is 10.9. The molecule has 0 unspecified atom stereocenters. The monoisotopic (exact) mass is 266 g/mol. The fourth-order valence-corrected chi connectivity index (χ4v) is 2.27. The number of amides is 1. The molecule has 1 aromatic carbocycles. The van der Waals surface area contributed by atoms with Crippen molar-refractivity contribution in [2.24, 2.45) is 5.41 Å². The maximum atomic E-state index is 13.5. The molecule has 2 rings (SSSR count). The standard InChI is InChI=1S/C14H19FN2O2/c1-14(6-7-16-9-14)13(19)17-8-12(18)10-4-2-3-5-11(10)15/h2-5,12,16,18H,6-9H2,1H3,(H,17,19)/t12-,14+/m1/s1. The van der Waals surface area contributed by atoms with Gasteiger partial charge in [-0.2, -0.15) is 0 Å². The number of rotatable bonds is 4. The molecule has 1 aliphatic rings. The van der Waals surface area contributed by atoms with Gasteiger partial charge >= 0.3 is 0 Å². The van der Waals surface area contributed by atoms with Gasteiger partial charge in [0.2, 0.25) is 5.91 Å². The molecule has 0 bridgehead atoms. The predicted molar refractivity (Wildman–Crippen MR) is 70.0 cm³/mol. The SMILES string of the molecule is C[C@]1(C(=O)NC[C@@H](O)c2ccccc2F)CCNC1. The minimum Gasteiger partial charge on any atom is -0.386 e. The van der Waals surface area contributed by atoms with E-state index in [0.29, 0.717) is 6.54 Å². The molecule has 0 saturated carbocycles. The van der Waals surface area contributed by atoms with Gasteiger partial charge in [-0.3, -0.25) is 4.79 Å². The zero-order valence-corrected chi connectivity index (χ0v) is 10.9. The molecule has 5 heteroatoms. The van der Waals surface area contributed by atoms with Crippen LogP contribution in [0.2, 0.25) is 0 Å². The Balaban J connectivity index is 1.92. The fourth-order valence-electron chi connectivity index (χ4n) is 2.27. The van der Waals surface area contributed by atoms with E-state index in [4.69, 9.17) is 0 Å². The molecule has 3 N–H and O–H groups in total. The maximum absolute atomic E-state index is 13.5. The van der Waals surface area contributed by atoms with E-state index < -0.39 is 17.3 Å². The van der Waals surface area contributed by atoms with Gasteiger partial charge < -0.3 is 15.7 Å². The van der Waals surface area contributed by atoms with Crippen LogP contribution in [0.5, 0.6) is 0 Å². The lowest BCUT2D eigenvalue weighted by atomic mass is 9.89. The van der Waals surface area contributed by atoms with Crippen LogP contribution >= 0.6 is 0 Å². The highest BCUT2D eigenvalue weighted by atomic mass is 19.1. The summed E-state index contributed by atoms with van der Waals surface area (Å²) in [5, 5.41) is 15.7. The Morgan fingerprint density at radius 3 is 2.95 bits per heavy atom. The van der Waals surface area contributed by atoms with Crippen molar-refractivity contribution < 1.29 is 14.3 Å². The lowest BCUT2D eigenvalue weighted by molar-refractivity contribution is -0.129. The number of aliphatic hydroxyl groups is 1.